The second kappa shape index (κ2) is 5.45. The van der Waals surface area contributed by atoms with Crippen molar-refractivity contribution in [2.45, 2.75) is 0 Å². The van der Waals surface area contributed by atoms with Crippen LogP contribution in [-0.4, -0.2) is 31.4 Å². The average Bonchev–Trinajstić information content (AvgIpc) is 2.25. The van der Waals surface area contributed by atoms with Crippen molar-refractivity contribution in [1.82, 2.24) is 10.6 Å². The van der Waals surface area contributed by atoms with Crippen molar-refractivity contribution < 1.29 is 9.59 Å². The van der Waals surface area contributed by atoms with E-state index in [4.69, 9.17) is 0 Å². The van der Waals surface area contributed by atoms with Crippen LogP contribution in [0.5, 0.6) is 0 Å². The molecule has 0 radical (unpaired) electrons. The van der Waals surface area contributed by atoms with E-state index in [1.807, 2.05) is 18.2 Å². The third-order valence-corrected chi connectivity index (χ3v) is 2.63. The van der Waals surface area contributed by atoms with Crippen LogP contribution >= 0.6 is 0 Å². The summed E-state index contributed by atoms with van der Waals surface area (Å²) in [5.74, 6) is -0.261. The average molecular weight is 233 g/mol. The molecule has 0 bridgehead atoms. The number of para-hydroxylation sites is 1. The molecule has 1 aliphatic rings. The predicted octanol–water partition coefficient (Wildman–Crippen LogP) is -0.0393. The number of hydrogen-bond acceptors (Lipinski definition) is 3. The molecule has 0 unspecified atom stereocenters. The first-order valence-corrected chi connectivity index (χ1v) is 5.59. The van der Waals surface area contributed by atoms with Gasteiger partial charge in [0.25, 0.3) is 0 Å². The van der Waals surface area contributed by atoms with Gasteiger partial charge < -0.3 is 16.0 Å². The van der Waals surface area contributed by atoms with E-state index in [1.54, 1.807) is 12.1 Å². The first-order valence-electron chi connectivity index (χ1n) is 5.59. The van der Waals surface area contributed by atoms with Gasteiger partial charge >= 0.3 is 0 Å². The molecule has 2 amide bonds. The summed E-state index contributed by atoms with van der Waals surface area (Å²) in [6, 6.07) is 9.16. The molecule has 0 spiro atoms. The van der Waals surface area contributed by atoms with Crippen LogP contribution in [0.4, 0.5) is 5.69 Å². The van der Waals surface area contributed by atoms with Crippen molar-refractivity contribution >= 4 is 17.5 Å². The van der Waals surface area contributed by atoms with Crippen LogP contribution in [0.15, 0.2) is 30.3 Å². The zero-order chi connectivity index (χ0) is 12.1. The highest BCUT2D eigenvalue weighted by molar-refractivity contribution is 5.94. The first-order chi connectivity index (χ1) is 8.25. The van der Waals surface area contributed by atoms with Gasteiger partial charge in [0.15, 0.2) is 0 Å². The van der Waals surface area contributed by atoms with E-state index in [0.717, 1.165) is 5.69 Å². The molecule has 17 heavy (non-hydrogen) atoms. The highest BCUT2D eigenvalue weighted by Gasteiger charge is 2.24. The van der Waals surface area contributed by atoms with E-state index in [9.17, 15) is 9.59 Å². The largest absolute Gasteiger partial charge is 0.347 e. The van der Waals surface area contributed by atoms with E-state index in [0.29, 0.717) is 13.1 Å². The predicted molar refractivity (Wildman–Crippen MR) is 64.4 cm³/mol. The number of anilines is 1. The highest BCUT2D eigenvalue weighted by atomic mass is 16.2. The Kier molecular flexibility index (Phi) is 3.72. The molecule has 1 aliphatic heterocycles. The van der Waals surface area contributed by atoms with Gasteiger partial charge in [0.1, 0.15) is 0 Å². The third kappa shape index (κ3) is 3.29. The number of benzene rings is 1. The summed E-state index contributed by atoms with van der Waals surface area (Å²) < 4.78 is 0. The van der Waals surface area contributed by atoms with Crippen molar-refractivity contribution in [2.24, 2.45) is 5.92 Å². The molecular formula is C12H15N3O2. The van der Waals surface area contributed by atoms with E-state index < -0.39 is 0 Å². The van der Waals surface area contributed by atoms with Gasteiger partial charge in [0.05, 0.1) is 12.5 Å². The molecular weight excluding hydrogens is 218 g/mol. The van der Waals surface area contributed by atoms with Crippen molar-refractivity contribution in [3.8, 4) is 0 Å². The molecule has 1 heterocycles. The molecule has 3 N–H and O–H groups in total. The second-order valence-corrected chi connectivity index (χ2v) is 3.99. The van der Waals surface area contributed by atoms with E-state index in [2.05, 4.69) is 16.0 Å². The van der Waals surface area contributed by atoms with Crippen molar-refractivity contribution in [3.63, 3.8) is 0 Å². The second-order valence-electron chi connectivity index (χ2n) is 3.99. The molecule has 0 aliphatic carbocycles. The fourth-order valence-electron chi connectivity index (χ4n) is 1.51. The van der Waals surface area contributed by atoms with Gasteiger partial charge in [-0.1, -0.05) is 18.2 Å². The topological polar surface area (TPSA) is 70.2 Å². The zero-order valence-corrected chi connectivity index (χ0v) is 9.40. The minimum Gasteiger partial charge on any atom is -0.347 e. The lowest BCUT2D eigenvalue weighted by molar-refractivity contribution is -0.128. The summed E-state index contributed by atoms with van der Waals surface area (Å²) in [5.41, 5.74) is 0.733. The summed E-state index contributed by atoms with van der Waals surface area (Å²) in [6.45, 7) is 1.42. The fourth-order valence-corrected chi connectivity index (χ4v) is 1.51. The number of amides is 2. The Bertz CT molecular complexity index is 401. The SMILES string of the molecule is O=C(CNC(=O)C1CNC1)Nc1ccccc1. The van der Waals surface area contributed by atoms with Gasteiger partial charge in [-0.3, -0.25) is 9.59 Å². The summed E-state index contributed by atoms with van der Waals surface area (Å²) >= 11 is 0. The molecule has 5 heteroatoms. The Labute approximate surface area is 99.6 Å². The lowest BCUT2D eigenvalue weighted by Crippen LogP contribution is -2.51. The van der Waals surface area contributed by atoms with Crippen LogP contribution in [0.1, 0.15) is 0 Å². The molecule has 1 aromatic rings. The van der Waals surface area contributed by atoms with Gasteiger partial charge in [-0.25, -0.2) is 0 Å². The third-order valence-electron chi connectivity index (χ3n) is 2.63. The number of carbonyl (C=O) groups is 2. The number of carbonyl (C=O) groups excluding carboxylic acids is 2. The Hall–Kier alpha value is -1.88. The minimum absolute atomic E-state index is 0.0134. The summed E-state index contributed by atoms with van der Waals surface area (Å²) in [7, 11) is 0. The van der Waals surface area contributed by atoms with Gasteiger partial charge in [-0.05, 0) is 12.1 Å². The molecule has 1 fully saturated rings. The van der Waals surface area contributed by atoms with Crippen LogP contribution in [-0.2, 0) is 9.59 Å². The molecule has 0 atom stereocenters. The molecule has 0 saturated carbocycles. The van der Waals surface area contributed by atoms with Gasteiger partial charge in [0, 0.05) is 18.8 Å². The zero-order valence-electron chi connectivity index (χ0n) is 9.40. The van der Waals surface area contributed by atoms with Crippen LogP contribution in [0.3, 0.4) is 0 Å². The maximum absolute atomic E-state index is 11.5. The van der Waals surface area contributed by atoms with Crippen molar-refractivity contribution in [2.75, 3.05) is 25.0 Å². The van der Waals surface area contributed by atoms with E-state index in [-0.39, 0.29) is 24.3 Å². The maximum Gasteiger partial charge on any atom is 0.243 e. The monoisotopic (exact) mass is 233 g/mol. The summed E-state index contributed by atoms with van der Waals surface area (Å²) in [6.07, 6.45) is 0. The normalized spacial score (nSPS) is 14.8. The Morgan fingerprint density at radius 2 is 1.94 bits per heavy atom. The Morgan fingerprint density at radius 1 is 1.24 bits per heavy atom. The minimum atomic E-state index is -0.211. The quantitative estimate of drug-likeness (QED) is 0.683. The smallest absolute Gasteiger partial charge is 0.243 e. The lowest BCUT2D eigenvalue weighted by Gasteiger charge is -2.25. The summed E-state index contributed by atoms with van der Waals surface area (Å²) in [4.78, 5) is 23.0. The van der Waals surface area contributed by atoms with Crippen LogP contribution in [0.25, 0.3) is 0 Å². The van der Waals surface area contributed by atoms with Crippen LogP contribution < -0.4 is 16.0 Å². The standard InChI is InChI=1S/C12H15N3O2/c16-11(15-10-4-2-1-3-5-10)8-14-12(17)9-6-13-7-9/h1-5,9,13H,6-8H2,(H,14,17)(H,15,16). The molecule has 2 rings (SSSR count). The first kappa shape index (κ1) is 11.6. The molecule has 1 saturated heterocycles. The van der Waals surface area contributed by atoms with Crippen molar-refractivity contribution in [1.29, 1.82) is 0 Å². The van der Waals surface area contributed by atoms with Gasteiger partial charge in [-0.2, -0.15) is 0 Å². The van der Waals surface area contributed by atoms with Crippen LogP contribution in [0, 0.1) is 5.92 Å². The Balaban J connectivity index is 1.72. The van der Waals surface area contributed by atoms with Crippen molar-refractivity contribution in [3.05, 3.63) is 30.3 Å². The molecule has 1 aromatic carbocycles. The lowest BCUT2D eigenvalue weighted by atomic mass is 10.0. The van der Waals surface area contributed by atoms with Gasteiger partial charge in [-0.15, -0.1) is 0 Å². The number of nitrogens with one attached hydrogen (secondary N) is 3. The summed E-state index contributed by atoms with van der Waals surface area (Å²) in [5, 5.41) is 8.32. The number of hydrogen-bond donors (Lipinski definition) is 3. The Morgan fingerprint density at radius 3 is 2.53 bits per heavy atom. The molecule has 5 nitrogen and oxygen atoms in total. The fraction of sp³-hybridized carbons (Fsp3) is 0.333. The van der Waals surface area contributed by atoms with Crippen LogP contribution in [0.2, 0.25) is 0 Å². The molecule has 90 valence electrons. The highest BCUT2D eigenvalue weighted by Crippen LogP contribution is 2.04. The van der Waals surface area contributed by atoms with Gasteiger partial charge in [0.2, 0.25) is 11.8 Å². The maximum atomic E-state index is 11.5. The van der Waals surface area contributed by atoms with E-state index in [1.165, 1.54) is 0 Å². The number of rotatable bonds is 4. The molecule has 0 aromatic heterocycles. The van der Waals surface area contributed by atoms with E-state index >= 15 is 0 Å².